The molecule has 6 heteroatoms. The highest BCUT2D eigenvalue weighted by molar-refractivity contribution is 7.11. The molecule has 0 amide bonds. The van der Waals surface area contributed by atoms with E-state index in [4.69, 9.17) is 4.42 Å². The Labute approximate surface area is 194 Å². The van der Waals surface area contributed by atoms with E-state index in [-0.39, 0.29) is 0 Å². The zero-order valence-corrected chi connectivity index (χ0v) is 18.9. The molecule has 0 N–H and O–H groups in total. The van der Waals surface area contributed by atoms with Crippen molar-refractivity contribution in [2.45, 2.75) is 0 Å². The number of benzene rings is 3. The summed E-state index contributed by atoms with van der Waals surface area (Å²) in [6.45, 7) is 0. The van der Waals surface area contributed by atoms with Crippen LogP contribution in [0.2, 0.25) is 0 Å². The molecule has 0 bridgehead atoms. The lowest BCUT2D eigenvalue weighted by atomic mass is 10.0. The zero-order valence-electron chi connectivity index (χ0n) is 18.1. The molecule has 5 aromatic rings. The van der Waals surface area contributed by atoms with E-state index in [1.807, 2.05) is 85.7 Å². The van der Waals surface area contributed by atoms with Gasteiger partial charge in [0.05, 0.1) is 16.8 Å². The molecule has 0 aliphatic rings. The van der Waals surface area contributed by atoms with Gasteiger partial charge in [-0.05, 0) is 46.7 Å². The van der Waals surface area contributed by atoms with E-state index in [1.165, 1.54) is 11.3 Å². The summed E-state index contributed by atoms with van der Waals surface area (Å²) < 4.78 is 5.60. The van der Waals surface area contributed by atoms with Gasteiger partial charge in [0.1, 0.15) is 16.7 Å². The van der Waals surface area contributed by atoms with Crippen molar-refractivity contribution < 1.29 is 4.42 Å². The Kier molecular flexibility index (Phi) is 5.25. The summed E-state index contributed by atoms with van der Waals surface area (Å²) in [6, 6.07) is 23.7. The smallest absolute Gasteiger partial charge is 0.345 e. The number of nitriles is 1. The third-order valence-electron chi connectivity index (χ3n) is 5.49. The number of thiazole rings is 1. The number of nitrogens with zero attached hydrogens (tertiary/aromatic N) is 3. The number of hydrogen-bond acceptors (Lipinski definition) is 6. The average molecular weight is 450 g/mol. The molecular weight excluding hydrogens is 430 g/mol. The Bertz CT molecular complexity index is 1620. The van der Waals surface area contributed by atoms with Crippen molar-refractivity contribution in [3.8, 4) is 17.3 Å². The third-order valence-corrected chi connectivity index (χ3v) is 6.37. The summed E-state index contributed by atoms with van der Waals surface area (Å²) in [5.41, 5.74) is 3.41. The van der Waals surface area contributed by atoms with Crippen molar-refractivity contribution in [1.82, 2.24) is 4.98 Å². The predicted octanol–water partition coefficient (Wildman–Crippen LogP) is 6.20. The Morgan fingerprint density at radius 1 is 1.06 bits per heavy atom. The molecule has 0 unspecified atom stereocenters. The molecule has 0 saturated carbocycles. The van der Waals surface area contributed by atoms with Crippen LogP contribution in [0.5, 0.6) is 0 Å². The maximum Gasteiger partial charge on any atom is 0.345 e. The topological polar surface area (TPSA) is 70.1 Å². The highest BCUT2D eigenvalue weighted by Crippen LogP contribution is 2.30. The Morgan fingerprint density at radius 3 is 2.61 bits per heavy atom. The van der Waals surface area contributed by atoms with Gasteiger partial charge < -0.3 is 9.32 Å². The van der Waals surface area contributed by atoms with E-state index in [0.717, 1.165) is 27.4 Å². The fourth-order valence-corrected chi connectivity index (χ4v) is 4.53. The van der Waals surface area contributed by atoms with Crippen molar-refractivity contribution in [2.75, 3.05) is 19.0 Å². The van der Waals surface area contributed by atoms with Gasteiger partial charge in [0.2, 0.25) is 0 Å². The number of fused-ring (bicyclic) bond motifs is 3. The van der Waals surface area contributed by atoms with Gasteiger partial charge in [-0.1, -0.05) is 42.5 Å². The fourth-order valence-electron chi connectivity index (χ4n) is 3.75. The highest BCUT2D eigenvalue weighted by Gasteiger charge is 2.15. The van der Waals surface area contributed by atoms with Crippen LogP contribution in [0, 0.1) is 11.3 Å². The van der Waals surface area contributed by atoms with E-state index in [2.05, 4.69) is 11.1 Å². The summed E-state index contributed by atoms with van der Waals surface area (Å²) in [5, 5.41) is 15.0. The maximum atomic E-state index is 12.7. The van der Waals surface area contributed by atoms with Crippen LogP contribution in [-0.2, 0) is 0 Å². The molecule has 5 nitrogen and oxygen atoms in total. The largest absolute Gasteiger partial charge is 0.422 e. The normalized spacial score (nSPS) is 11.6. The minimum absolute atomic E-state index is 0.383. The summed E-state index contributed by atoms with van der Waals surface area (Å²) in [5.74, 6) is 0. The number of rotatable bonds is 4. The first-order chi connectivity index (χ1) is 16.0. The van der Waals surface area contributed by atoms with Gasteiger partial charge in [0, 0.05) is 30.5 Å². The van der Waals surface area contributed by atoms with Gasteiger partial charge >= 0.3 is 5.63 Å². The predicted molar refractivity (Wildman–Crippen MR) is 135 cm³/mol. The molecular formula is C27H19N3O2S. The van der Waals surface area contributed by atoms with E-state index >= 15 is 0 Å². The Hall–Kier alpha value is -4.21. The lowest BCUT2D eigenvalue weighted by Crippen LogP contribution is -2.07. The molecule has 0 spiro atoms. The second-order valence-electron chi connectivity index (χ2n) is 7.84. The molecule has 2 heterocycles. The molecule has 3 aromatic carbocycles. The third kappa shape index (κ3) is 3.91. The summed E-state index contributed by atoms with van der Waals surface area (Å²) in [7, 11) is 3.96. The summed E-state index contributed by atoms with van der Waals surface area (Å²) >= 11 is 1.33. The number of allylic oxidation sites excluding steroid dienone is 1. The molecule has 0 atom stereocenters. The first-order valence-electron chi connectivity index (χ1n) is 10.3. The van der Waals surface area contributed by atoms with Crippen LogP contribution in [0.4, 0.5) is 5.69 Å². The Morgan fingerprint density at radius 2 is 1.85 bits per heavy atom. The van der Waals surface area contributed by atoms with Crippen LogP contribution in [-0.4, -0.2) is 19.1 Å². The van der Waals surface area contributed by atoms with Crippen LogP contribution in [0.25, 0.3) is 44.6 Å². The standard InChI is InChI=1S/C27H19N3O2S/c1-30(2)20-10-7-17(8-11-20)13-19(15-28)26-29-24(16-33-26)23-14-22-21-6-4-3-5-18(21)9-12-25(22)32-27(23)31/h3-14,16H,1-2H3/b19-13-. The van der Waals surface area contributed by atoms with Crippen LogP contribution in [0.3, 0.4) is 0 Å². The molecule has 0 aliphatic carbocycles. The molecule has 0 aliphatic heterocycles. The molecule has 2 aromatic heterocycles. The zero-order chi connectivity index (χ0) is 22.9. The van der Waals surface area contributed by atoms with Crippen LogP contribution in [0.15, 0.2) is 81.3 Å². The summed E-state index contributed by atoms with van der Waals surface area (Å²) in [4.78, 5) is 19.3. The van der Waals surface area contributed by atoms with Gasteiger partial charge in [-0.25, -0.2) is 9.78 Å². The Balaban J connectivity index is 1.56. The number of aromatic nitrogens is 1. The molecule has 0 radical (unpaired) electrons. The van der Waals surface area contributed by atoms with E-state index in [1.54, 1.807) is 11.5 Å². The molecule has 5 rings (SSSR count). The monoisotopic (exact) mass is 449 g/mol. The maximum absolute atomic E-state index is 12.7. The van der Waals surface area contributed by atoms with Crippen LogP contribution >= 0.6 is 11.3 Å². The van der Waals surface area contributed by atoms with Gasteiger partial charge in [-0.3, -0.25) is 0 Å². The molecule has 33 heavy (non-hydrogen) atoms. The van der Waals surface area contributed by atoms with Gasteiger partial charge in [0.15, 0.2) is 0 Å². The molecule has 0 saturated heterocycles. The van der Waals surface area contributed by atoms with Crippen molar-refractivity contribution in [1.29, 1.82) is 5.26 Å². The van der Waals surface area contributed by atoms with Gasteiger partial charge in [-0.2, -0.15) is 5.26 Å². The summed E-state index contributed by atoms with van der Waals surface area (Å²) in [6.07, 6.45) is 1.80. The fraction of sp³-hybridized carbons (Fsp3) is 0.0741. The second kappa shape index (κ2) is 8.38. The lowest BCUT2D eigenvalue weighted by molar-refractivity contribution is 0.563. The van der Waals surface area contributed by atoms with E-state index in [0.29, 0.717) is 27.4 Å². The quantitative estimate of drug-likeness (QED) is 0.186. The average Bonchev–Trinajstić information content (AvgIpc) is 3.32. The van der Waals surface area contributed by atoms with Crippen LogP contribution in [0.1, 0.15) is 10.6 Å². The minimum Gasteiger partial charge on any atom is -0.422 e. The minimum atomic E-state index is -0.448. The van der Waals surface area contributed by atoms with E-state index < -0.39 is 5.63 Å². The van der Waals surface area contributed by atoms with Crippen LogP contribution < -0.4 is 10.5 Å². The molecule has 160 valence electrons. The number of hydrogen-bond donors (Lipinski definition) is 0. The second-order valence-corrected chi connectivity index (χ2v) is 8.70. The van der Waals surface area contributed by atoms with Gasteiger partial charge in [-0.15, -0.1) is 11.3 Å². The van der Waals surface area contributed by atoms with Crippen molar-refractivity contribution in [3.05, 3.63) is 93.1 Å². The first kappa shape index (κ1) is 20.7. The van der Waals surface area contributed by atoms with E-state index in [9.17, 15) is 10.1 Å². The van der Waals surface area contributed by atoms with Crippen molar-refractivity contribution in [2.24, 2.45) is 0 Å². The lowest BCUT2D eigenvalue weighted by Gasteiger charge is -2.11. The first-order valence-corrected chi connectivity index (χ1v) is 11.2. The highest BCUT2D eigenvalue weighted by atomic mass is 32.1. The number of anilines is 1. The van der Waals surface area contributed by atoms with Gasteiger partial charge in [0.25, 0.3) is 0 Å². The SMILES string of the molecule is CN(C)c1ccc(/C=C(/C#N)c2nc(-c3cc4c(ccc5ccccc54)oc3=O)cs2)cc1. The van der Waals surface area contributed by atoms with Crippen molar-refractivity contribution in [3.63, 3.8) is 0 Å². The van der Waals surface area contributed by atoms with Crippen molar-refractivity contribution >= 4 is 50.4 Å². The molecule has 0 fully saturated rings.